The normalized spacial score (nSPS) is 11.8. The Morgan fingerprint density at radius 2 is 2.05 bits per heavy atom. The average molecular weight is 282 g/mol. The fourth-order valence-electron chi connectivity index (χ4n) is 1.69. The average Bonchev–Trinajstić information content (AvgIpc) is 2.39. The number of benzene rings is 1. The van der Waals surface area contributed by atoms with Gasteiger partial charge < -0.3 is 21.7 Å². The molecule has 0 aliphatic heterocycles. The van der Waals surface area contributed by atoms with E-state index < -0.39 is 17.8 Å². The van der Waals surface area contributed by atoms with Crippen LogP contribution in [0.25, 0.3) is 0 Å². The summed E-state index contributed by atoms with van der Waals surface area (Å²) in [7, 11) is 1.65. The van der Waals surface area contributed by atoms with Gasteiger partial charge in [-0.1, -0.05) is 0 Å². The van der Waals surface area contributed by atoms with Crippen LogP contribution < -0.4 is 16.8 Å². The number of halogens is 1. The maximum atomic E-state index is 13.8. The number of rotatable bonds is 5. The van der Waals surface area contributed by atoms with Crippen LogP contribution >= 0.6 is 0 Å². The summed E-state index contributed by atoms with van der Waals surface area (Å²) in [6.45, 7) is 3.98. The standard InChI is InChI=1S/C13H19FN4O2/c1-4-18(3)13(20)7(2)17-11-5-8(12(16)19)10(15)6-9(11)14/h5-7,17H,4,15H2,1-3H3,(H2,16,19). The van der Waals surface area contributed by atoms with Crippen LogP contribution in [-0.4, -0.2) is 36.3 Å². The van der Waals surface area contributed by atoms with Gasteiger partial charge in [-0.3, -0.25) is 9.59 Å². The number of primary amides is 1. The number of nitrogen functional groups attached to an aromatic ring is 1. The van der Waals surface area contributed by atoms with Crippen molar-refractivity contribution >= 4 is 23.2 Å². The maximum Gasteiger partial charge on any atom is 0.250 e. The van der Waals surface area contributed by atoms with Crippen molar-refractivity contribution in [3.05, 3.63) is 23.5 Å². The lowest BCUT2D eigenvalue weighted by Gasteiger charge is -2.22. The molecule has 1 rings (SSSR count). The Hall–Kier alpha value is -2.31. The van der Waals surface area contributed by atoms with E-state index in [4.69, 9.17) is 11.5 Å². The number of carbonyl (C=O) groups is 2. The minimum atomic E-state index is -0.754. The van der Waals surface area contributed by atoms with Gasteiger partial charge in [-0.25, -0.2) is 4.39 Å². The van der Waals surface area contributed by atoms with E-state index in [0.29, 0.717) is 6.54 Å². The Labute approximate surface area is 116 Å². The van der Waals surface area contributed by atoms with E-state index in [2.05, 4.69) is 5.32 Å². The van der Waals surface area contributed by atoms with E-state index in [-0.39, 0.29) is 22.8 Å². The number of nitrogens with two attached hydrogens (primary N) is 2. The molecule has 20 heavy (non-hydrogen) atoms. The van der Waals surface area contributed by atoms with Gasteiger partial charge in [-0.2, -0.15) is 0 Å². The number of nitrogens with one attached hydrogen (secondary N) is 1. The third-order valence-corrected chi connectivity index (χ3v) is 3.00. The third-order valence-electron chi connectivity index (χ3n) is 3.00. The highest BCUT2D eigenvalue weighted by Crippen LogP contribution is 2.22. The summed E-state index contributed by atoms with van der Waals surface area (Å²) >= 11 is 0. The number of carbonyl (C=O) groups excluding carboxylic acids is 2. The first kappa shape index (κ1) is 15.7. The highest BCUT2D eigenvalue weighted by molar-refractivity contribution is 5.99. The molecule has 1 unspecified atom stereocenters. The number of amides is 2. The van der Waals surface area contributed by atoms with Crippen LogP contribution in [0.15, 0.2) is 12.1 Å². The maximum absolute atomic E-state index is 13.8. The summed E-state index contributed by atoms with van der Waals surface area (Å²) in [5.74, 6) is -1.59. The van der Waals surface area contributed by atoms with Crippen molar-refractivity contribution in [3.63, 3.8) is 0 Å². The monoisotopic (exact) mass is 282 g/mol. The van der Waals surface area contributed by atoms with Gasteiger partial charge in [0.2, 0.25) is 5.91 Å². The fraction of sp³-hybridized carbons (Fsp3) is 0.385. The van der Waals surface area contributed by atoms with E-state index >= 15 is 0 Å². The molecule has 0 aliphatic carbocycles. The van der Waals surface area contributed by atoms with Gasteiger partial charge in [-0.05, 0) is 26.0 Å². The van der Waals surface area contributed by atoms with E-state index in [9.17, 15) is 14.0 Å². The van der Waals surface area contributed by atoms with Crippen molar-refractivity contribution in [1.82, 2.24) is 4.90 Å². The molecule has 7 heteroatoms. The zero-order chi connectivity index (χ0) is 15.4. The zero-order valence-corrected chi connectivity index (χ0v) is 11.7. The quantitative estimate of drug-likeness (QED) is 0.695. The first-order valence-electron chi connectivity index (χ1n) is 6.18. The number of hydrogen-bond acceptors (Lipinski definition) is 4. The van der Waals surface area contributed by atoms with Crippen molar-refractivity contribution in [2.45, 2.75) is 19.9 Å². The van der Waals surface area contributed by atoms with Crippen LogP contribution in [0.5, 0.6) is 0 Å². The lowest BCUT2D eigenvalue weighted by atomic mass is 10.1. The van der Waals surface area contributed by atoms with Gasteiger partial charge in [0.1, 0.15) is 11.9 Å². The summed E-state index contributed by atoms with van der Waals surface area (Å²) in [6.07, 6.45) is 0. The van der Waals surface area contributed by atoms with Crippen molar-refractivity contribution in [2.24, 2.45) is 5.73 Å². The Morgan fingerprint density at radius 3 is 2.55 bits per heavy atom. The summed E-state index contributed by atoms with van der Waals surface area (Å²) in [4.78, 5) is 24.6. The van der Waals surface area contributed by atoms with E-state index in [1.54, 1.807) is 14.0 Å². The van der Waals surface area contributed by atoms with Gasteiger partial charge in [0.25, 0.3) is 5.91 Å². The Kier molecular flexibility index (Phi) is 4.90. The van der Waals surface area contributed by atoms with Crippen molar-refractivity contribution in [1.29, 1.82) is 0 Å². The second-order valence-electron chi connectivity index (χ2n) is 4.50. The molecule has 2 amide bonds. The topological polar surface area (TPSA) is 101 Å². The molecule has 0 heterocycles. The smallest absolute Gasteiger partial charge is 0.250 e. The predicted octanol–water partition coefficient (Wildman–Crippen LogP) is 0.785. The van der Waals surface area contributed by atoms with Crippen molar-refractivity contribution in [2.75, 3.05) is 24.6 Å². The molecular formula is C13H19FN4O2. The Bertz CT molecular complexity index is 533. The first-order chi connectivity index (χ1) is 9.27. The molecule has 6 nitrogen and oxygen atoms in total. The van der Waals surface area contributed by atoms with Gasteiger partial charge >= 0.3 is 0 Å². The molecule has 0 saturated carbocycles. The second kappa shape index (κ2) is 6.23. The van der Waals surface area contributed by atoms with Gasteiger partial charge in [0, 0.05) is 19.3 Å². The molecule has 0 fully saturated rings. The first-order valence-corrected chi connectivity index (χ1v) is 6.18. The molecule has 0 spiro atoms. The molecule has 110 valence electrons. The predicted molar refractivity (Wildman–Crippen MR) is 75.7 cm³/mol. The molecule has 0 aromatic heterocycles. The third kappa shape index (κ3) is 3.37. The van der Waals surface area contributed by atoms with Crippen LogP contribution in [0.4, 0.5) is 15.8 Å². The minimum Gasteiger partial charge on any atom is -0.398 e. The summed E-state index contributed by atoms with van der Waals surface area (Å²) in [5.41, 5.74) is 10.6. The SMILES string of the molecule is CCN(C)C(=O)C(C)Nc1cc(C(N)=O)c(N)cc1F. The summed E-state index contributed by atoms with van der Waals surface area (Å²) in [5, 5.41) is 2.72. The zero-order valence-electron chi connectivity index (χ0n) is 11.7. The largest absolute Gasteiger partial charge is 0.398 e. The number of hydrogen-bond donors (Lipinski definition) is 3. The number of nitrogens with zero attached hydrogens (tertiary/aromatic N) is 1. The molecular weight excluding hydrogens is 263 g/mol. The highest BCUT2D eigenvalue weighted by Gasteiger charge is 2.19. The molecule has 1 atom stereocenters. The van der Waals surface area contributed by atoms with Gasteiger partial charge in [-0.15, -0.1) is 0 Å². The van der Waals surface area contributed by atoms with Gasteiger partial charge in [0.05, 0.1) is 11.3 Å². The summed E-state index contributed by atoms with van der Waals surface area (Å²) < 4.78 is 13.8. The van der Waals surface area contributed by atoms with Crippen LogP contribution in [-0.2, 0) is 4.79 Å². The van der Waals surface area contributed by atoms with E-state index in [1.165, 1.54) is 11.0 Å². The minimum absolute atomic E-state index is 0.0115. The Balaban J connectivity index is 3.00. The molecule has 1 aromatic carbocycles. The molecule has 0 bridgehead atoms. The lowest BCUT2D eigenvalue weighted by Crippen LogP contribution is -2.39. The highest BCUT2D eigenvalue weighted by atomic mass is 19.1. The lowest BCUT2D eigenvalue weighted by molar-refractivity contribution is -0.130. The fourth-order valence-corrected chi connectivity index (χ4v) is 1.69. The van der Waals surface area contributed by atoms with Crippen molar-refractivity contribution in [3.8, 4) is 0 Å². The molecule has 5 N–H and O–H groups in total. The molecule has 0 aliphatic rings. The number of likely N-dealkylation sites (N-methyl/N-ethyl adjacent to an activating group) is 1. The van der Waals surface area contributed by atoms with Crippen LogP contribution in [0.3, 0.4) is 0 Å². The van der Waals surface area contributed by atoms with Crippen molar-refractivity contribution < 1.29 is 14.0 Å². The van der Waals surface area contributed by atoms with Gasteiger partial charge in [0.15, 0.2) is 0 Å². The van der Waals surface area contributed by atoms with E-state index in [0.717, 1.165) is 6.07 Å². The second-order valence-corrected chi connectivity index (χ2v) is 4.50. The van der Waals surface area contributed by atoms with Crippen LogP contribution in [0.1, 0.15) is 24.2 Å². The summed E-state index contributed by atoms with van der Waals surface area (Å²) in [6, 6.07) is 1.57. The van der Waals surface area contributed by atoms with E-state index in [1.807, 2.05) is 6.92 Å². The Morgan fingerprint density at radius 1 is 1.45 bits per heavy atom. The molecule has 0 saturated heterocycles. The molecule has 0 radical (unpaired) electrons. The van der Waals surface area contributed by atoms with Crippen LogP contribution in [0.2, 0.25) is 0 Å². The van der Waals surface area contributed by atoms with Crippen LogP contribution in [0, 0.1) is 5.82 Å². The number of anilines is 2. The molecule has 1 aromatic rings.